The van der Waals surface area contributed by atoms with Crippen LogP contribution in [0.25, 0.3) is 0 Å². The molecule has 1 N–H and O–H groups in total. The van der Waals surface area contributed by atoms with Crippen LogP contribution in [0.1, 0.15) is 5.56 Å². The number of nitrogens with one attached hydrogen (secondary N) is 1. The Morgan fingerprint density at radius 1 is 1.15 bits per heavy atom. The van der Waals surface area contributed by atoms with Gasteiger partial charge in [-0.2, -0.15) is 0 Å². The zero-order valence-corrected chi connectivity index (χ0v) is 14.8. The molecule has 4 rings (SSSR count). The van der Waals surface area contributed by atoms with Crippen LogP contribution in [0.4, 0.5) is 4.79 Å². The highest BCUT2D eigenvalue weighted by Crippen LogP contribution is 2.26. The minimum absolute atomic E-state index is 0.283. The molecular weight excluding hydrogens is 334 g/mol. The first-order valence-corrected chi connectivity index (χ1v) is 8.88. The molecule has 0 aromatic heterocycles. The molecule has 3 aliphatic rings. The first kappa shape index (κ1) is 17.0. The number of fused-ring (bicyclic) bond motifs is 1. The topological polar surface area (TPSA) is 77.5 Å². The highest BCUT2D eigenvalue weighted by molar-refractivity contribution is 6.04. The summed E-state index contributed by atoms with van der Waals surface area (Å²) in [7, 11) is 1.68. The maximum absolute atomic E-state index is 12.6. The van der Waals surface area contributed by atoms with Crippen molar-refractivity contribution in [3.8, 4) is 0 Å². The van der Waals surface area contributed by atoms with Crippen molar-refractivity contribution in [1.29, 1.82) is 0 Å². The number of urea groups is 1. The van der Waals surface area contributed by atoms with Gasteiger partial charge >= 0.3 is 6.03 Å². The van der Waals surface area contributed by atoms with Crippen molar-refractivity contribution in [1.82, 2.24) is 20.0 Å². The average Bonchev–Trinajstić information content (AvgIpc) is 3.00. The van der Waals surface area contributed by atoms with Gasteiger partial charge in [0, 0.05) is 26.7 Å². The van der Waals surface area contributed by atoms with E-state index in [-0.39, 0.29) is 5.91 Å². The minimum Gasteiger partial charge on any atom is -0.379 e. The molecule has 2 atom stereocenters. The molecule has 0 saturated carbocycles. The summed E-state index contributed by atoms with van der Waals surface area (Å²) in [6.07, 6.45) is -0.476. The number of hydrogen-bond acceptors (Lipinski definition) is 6. The molecule has 3 aliphatic heterocycles. The van der Waals surface area contributed by atoms with E-state index in [0.29, 0.717) is 26.3 Å². The summed E-state index contributed by atoms with van der Waals surface area (Å²) in [5.74, 6) is 0.567. The van der Waals surface area contributed by atoms with Gasteiger partial charge in [0.15, 0.2) is 12.2 Å². The Kier molecular flexibility index (Phi) is 4.60. The number of imide groups is 1. The minimum atomic E-state index is -0.492. The van der Waals surface area contributed by atoms with Crippen LogP contribution in [-0.2, 0) is 16.1 Å². The number of rotatable bonds is 4. The van der Waals surface area contributed by atoms with E-state index >= 15 is 0 Å². The molecular formula is C18H23N5O3. The lowest BCUT2D eigenvalue weighted by Crippen LogP contribution is -2.63. The molecule has 3 heterocycles. The number of amides is 3. The van der Waals surface area contributed by atoms with Crippen LogP contribution in [0.15, 0.2) is 35.3 Å². The van der Waals surface area contributed by atoms with Crippen molar-refractivity contribution >= 4 is 17.8 Å². The SMILES string of the molecule is CN1C(=O)NC(=O)C2C1N=C(CN1CCOCC1)N2Cc1ccccc1. The molecule has 138 valence electrons. The van der Waals surface area contributed by atoms with Crippen molar-refractivity contribution < 1.29 is 14.3 Å². The highest BCUT2D eigenvalue weighted by Gasteiger charge is 2.48. The van der Waals surface area contributed by atoms with Gasteiger partial charge in [-0.1, -0.05) is 30.3 Å². The van der Waals surface area contributed by atoms with Crippen LogP contribution in [0.3, 0.4) is 0 Å². The highest BCUT2D eigenvalue weighted by atomic mass is 16.5. The summed E-state index contributed by atoms with van der Waals surface area (Å²) < 4.78 is 5.42. The number of hydrogen-bond donors (Lipinski definition) is 1. The number of amidine groups is 1. The number of likely N-dealkylation sites (N-methyl/N-ethyl adjacent to an activating group) is 1. The maximum Gasteiger partial charge on any atom is 0.325 e. The quantitative estimate of drug-likeness (QED) is 0.828. The molecule has 8 heteroatoms. The molecule has 1 aromatic rings. The summed E-state index contributed by atoms with van der Waals surface area (Å²) in [6, 6.07) is 9.13. The van der Waals surface area contributed by atoms with Crippen LogP contribution in [-0.4, -0.2) is 84.6 Å². The Balaban J connectivity index is 1.61. The molecule has 1 aromatic carbocycles. The Labute approximate surface area is 152 Å². The van der Waals surface area contributed by atoms with E-state index in [1.165, 1.54) is 4.90 Å². The van der Waals surface area contributed by atoms with Crippen molar-refractivity contribution in [3.05, 3.63) is 35.9 Å². The third kappa shape index (κ3) is 3.17. The zero-order chi connectivity index (χ0) is 18.1. The van der Waals surface area contributed by atoms with Gasteiger partial charge in [-0.15, -0.1) is 0 Å². The number of nitrogens with zero attached hydrogens (tertiary/aromatic N) is 4. The lowest BCUT2D eigenvalue weighted by molar-refractivity contribution is -0.127. The van der Waals surface area contributed by atoms with Gasteiger partial charge in [-0.25, -0.2) is 9.79 Å². The van der Waals surface area contributed by atoms with Crippen molar-refractivity contribution in [2.45, 2.75) is 18.8 Å². The Hall–Kier alpha value is -2.45. The van der Waals surface area contributed by atoms with Gasteiger partial charge in [0.2, 0.25) is 0 Å². The summed E-state index contributed by atoms with van der Waals surface area (Å²) in [5, 5.41) is 2.44. The van der Waals surface area contributed by atoms with E-state index < -0.39 is 18.2 Å². The van der Waals surface area contributed by atoms with Crippen LogP contribution < -0.4 is 5.32 Å². The van der Waals surface area contributed by atoms with Crippen molar-refractivity contribution in [2.75, 3.05) is 39.9 Å². The van der Waals surface area contributed by atoms with Gasteiger partial charge in [0.1, 0.15) is 5.84 Å². The number of ether oxygens (including phenoxy) is 1. The van der Waals surface area contributed by atoms with Gasteiger partial charge in [-0.05, 0) is 5.56 Å². The van der Waals surface area contributed by atoms with Gasteiger partial charge < -0.3 is 14.5 Å². The maximum atomic E-state index is 12.6. The largest absolute Gasteiger partial charge is 0.379 e. The number of carbonyl (C=O) groups excluding carboxylic acids is 2. The summed E-state index contributed by atoms with van der Waals surface area (Å²) in [5.41, 5.74) is 1.11. The fourth-order valence-corrected chi connectivity index (χ4v) is 3.64. The first-order valence-electron chi connectivity index (χ1n) is 8.88. The lowest BCUT2D eigenvalue weighted by atomic mass is 10.1. The second-order valence-electron chi connectivity index (χ2n) is 6.81. The second kappa shape index (κ2) is 7.05. The number of carbonyl (C=O) groups is 2. The monoisotopic (exact) mass is 357 g/mol. The average molecular weight is 357 g/mol. The fourth-order valence-electron chi connectivity index (χ4n) is 3.64. The van der Waals surface area contributed by atoms with Gasteiger partial charge in [0.05, 0.1) is 19.8 Å². The second-order valence-corrected chi connectivity index (χ2v) is 6.81. The van der Waals surface area contributed by atoms with E-state index in [1.54, 1.807) is 7.05 Å². The van der Waals surface area contributed by atoms with E-state index in [9.17, 15) is 9.59 Å². The molecule has 8 nitrogen and oxygen atoms in total. The fraction of sp³-hybridized carbons (Fsp3) is 0.500. The van der Waals surface area contributed by atoms with Gasteiger partial charge in [0.25, 0.3) is 5.91 Å². The molecule has 0 bridgehead atoms. The van der Waals surface area contributed by atoms with E-state index in [1.807, 2.05) is 35.2 Å². The van der Waals surface area contributed by atoms with Crippen LogP contribution >= 0.6 is 0 Å². The van der Waals surface area contributed by atoms with Crippen LogP contribution in [0.2, 0.25) is 0 Å². The molecule has 2 unspecified atom stereocenters. The normalized spacial score (nSPS) is 26.6. The molecule has 2 fully saturated rings. The Morgan fingerprint density at radius 2 is 1.88 bits per heavy atom. The molecule has 0 aliphatic carbocycles. The molecule has 2 saturated heterocycles. The van der Waals surface area contributed by atoms with E-state index in [0.717, 1.165) is 24.5 Å². The van der Waals surface area contributed by atoms with E-state index in [4.69, 9.17) is 9.73 Å². The molecule has 26 heavy (non-hydrogen) atoms. The summed E-state index contributed by atoms with van der Waals surface area (Å²) in [4.78, 5) is 35.1. The van der Waals surface area contributed by atoms with E-state index in [2.05, 4.69) is 10.2 Å². The van der Waals surface area contributed by atoms with Crippen molar-refractivity contribution in [2.24, 2.45) is 4.99 Å². The smallest absolute Gasteiger partial charge is 0.325 e. The molecule has 0 radical (unpaired) electrons. The molecule has 3 amide bonds. The van der Waals surface area contributed by atoms with Crippen LogP contribution in [0.5, 0.6) is 0 Å². The third-order valence-electron chi connectivity index (χ3n) is 5.11. The number of aliphatic imine (C=N–C) groups is 1. The zero-order valence-electron chi connectivity index (χ0n) is 14.8. The Bertz CT molecular complexity index is 717. The summed E-state index contributed by atoms with van der Waals surface area (Å²) >= 11 is 0. The molecule has 0 spiro atoms. The Morgan fingerprint density at radius 3 is 2.62 bits per heavy atom. The number of morpholine rings is 1. The summed E-state index contributed by atoms with van der Waals surface area (Å²) in [6.45, 7) is 4.33. The van der Waals surface area contributed by atoms with Crippen LogP contribution in [0, 0.1) is 0 Å². The first-order chi connectivity index (χ1) is 12.6. The standard InChI is InChI=1S/C18H23N5O3/c1-21-16-15(17(24)20-18(21)25)23(11-13-5-3-2-4-6-13)14(19-16)12-22-7-9-26-10-8-22/h2-6,15-16H,7-12H2,1H3,(H,20,24,25). The lowest BCUT2D eigenvalue weighted by Gasteiger charge is -2.37. The number of benzene rings is 1. The predicted octanol–water partition coefficient (Wildman–Crippen LogP) is 0.109. The third-order valence-corrected chi connectivity index (χ3v) is 5.11. The van der Waals surface area contributed by atoms with Gasteiger partial charge in [-0.3, -0.25) is 15.0 Å². The van der Waals surface area contributed by atoms with Crippen molar-refractivity contribution in [3.63, 3.8) is 0 Å². The predicted molar refractivity (Wildman–Crippen MR) is 95.6 cm³/mol.